The van der Waals surface area contributed by atoms with Crippen molar-refractivity contribution in [3.8, 4) is 6.07 Å². The first-order valence-electron chi connectivity index (χ1n) is 9.78. The molecule has 0 aromatic heterocycles. The molecule has 3 rings (SSSR count). The van der Waals surface area contributed by atoms with Gasteiger partial charge in [-0.05, 0) is 24.1 Å². The summed E-state index contributed by atoms with van der Waals surface area (Å²) in [6.07, 6.45) is 0. The van der Waals surface area contributed by atoms with Crippen LogP contribution in [-0.4, -0.2) is 31.1 Å². The number of methoxy groups -OCH3 is 2. The van der Waals surface area contributed by atoms with E-state index in [0.29, 0.717) is 15.6 Å². The summed E-state index contributed by atoms with van der Waals surface area (Å²) in [7, 11) is 2.22. The molecule has 0 spiro atoms. The fourth-order valence-electron chi connectivity index (χ4n) is 3.89. The summed E-state index contributed by atoms with van der Waals surface area (Å²) in [4.78, 5) is 38.5. The van der Waals surface area contributed by atoms with Gasteiger partial charge in [0.2, 0.25) is 0 Å². The minimum Gasteiger partial charge on any atom is -0.466 e. The summed E-state index contributed by atoms with van der Waals surface area (Å²) in [5.41, 5.74) is 6.05. The lowest BCUT2D eigenvalue weighted by molar-refractivity contribution is -0.384. The van der Waals surface area contributed by atoms with Crippen LogP contribution in [0.3, 0.4) is 0 Å². The summed E-state index contributed by atoms with van der Waals surface area (Å²) >= 11 is 3.23. The third-order valence-electron chi connectivity index (χ3n) is 5.28. The van der Waals surface area contributed by atoms with Crippen LogP contribution in [0, 0.1) is 28.4 Å². The number of allylic oxidation sites excluding steroid dienone is 1. The molecular weight excluding hydrogens is 508 g/mol. The van der Waals surface area contributed by atoms with Crippen molar-refractivity contribution in [1.29, 1.82) is 5.26 Å². The normalized spacial score (nSPS) is 15.6. The second-order valence-electron chi connectivity index (χ2n) is 7.18. The molecule has 2 N–H and O–H groups in total. The van der Waals surface area contributed by atoms with Crippen LogP contribution in [0.2, 0.25) is 0 Å². The van der Waals surface area contributed by atoms with Crippen molar-refractivity contribution in [3.05, 3.63) is 90.8 Å². The fourth-order valence-corrected chi connectivity index (χ4v) is 4.45. The lowest BCUT2D eigenvalue weighted by Gasteiger charge is -2.36. The van der Waals surface area contributed by atoms with E-state index in [4.69, 9.17) is 15.2 Å². The zero-order chi connectivity index (χ0) is 25.2. The predicted molar refractivity (Wildman–Crippen MR) is 125 cm³/mol. The van der Waals surface area contributed by atoms with Crippen LogP contribution in [0.4, 0.5) is 11.4 Å². The quantitative estimate of drug-likeness (QED) is 0.350. The topological polar surface area (TPSA) is 149 Å². The number of hydrogen-bond donors (Lipinski definition) is 1. The summed E-state index contributed by atoms with van der Waals surface area (Å²) in [5, 5.41) is 22.0. The number of nitrogens with zero attached hydrogens (tertiary/aromatic N) is 3. The molecule has 1 aliphatic heterocycles. The molecule has 1 aliphatic rings. The van der Waals surface area contributed by atoms with Gasteiger partial charge in [-0.15, -0.1) is 0 Å². The summed E-state index contributed by atoms with van der Waals surface area (Å²) in [5.74, 6) is -3.23. The molecule has 0 saturated carbocycles. The number of nitro groups is 1. The van der Waals surface area contributed by atoms with Gasteiger partial charge in [-0.25, -0.2) is 9.59 Å². The standard InChI is InChI=1S/C23H19BrN4O6/c1-12-9-14(24)10-16(28(31)32)19(12)27-20(23(30)34-3)18(22(29)33-2)17(15(11-25)21(27)26)13-7-5-4-6-8-13/h4-10,17H,26H2,1-3H3. The highest BCUT2D eigenvalue weighted by atomic mass is 79.9. The van der Waals surface area contributed by atoms with Gasteiger partial charge >= 0.3 is 11.9 Å². The van der Waals surface area contributed by atoms with E-state index in [-0.39, 0.29) is 28.4 Å². The number of nitrogens with two attached hydrogens (primary N) is 1. The van der Waals surface area contributed by atoms with Crippen LogP contribution in [0.5, 0.6) is 0 Å². The van der Waals surface area contributed by atoms with Crippen LogP contribution in [0.1, 0.15) is 17.0 Å². The highest BCUT2D eigenvalue weighted by molar-refractivity contribution is 9.10. The molecule has 1 unspecified atom stereocenters. The molecule has 11 heteroatoms. The molecule has 1 heterocycles. The van der Waals surface area contributed by atoms with Crippen molar-refractivity contribution in [2.24, 2.45) is 5.73 Å². The Hall–Kier alpha value is -4.17. The third kappa shape index (κ3) is 4.11. The van der Waals surface area contributed by atoms with E-state index < -0.39 is 28.5 Å². The molecule has 2 aromatic rings. The molecule has 1 atom stereocenters. The smallest absolute Gasteiger partial charge is 0.355 e. The molecule has 0 bridgehead atoms. The molecule has 10 nitrogen and oxygen atoms in total. The van der Waals surface area contributed by atoms with Crippen molar-refractivity contribution >= 4 is 39.2 Å². The highest BCUT2D eigenvalue weighted by Crippen LogP contribution is 2.46. The Morgan fingerprint density at radius 2 is 1.79 bits per heavy atom. The highest BCUT2D eigenvalue weighted by Gasteiger charge is 2.44. The largest absolute Gasteiger partial charge is 0.466 e. The maximum atomic E-state index is 13.1. The minimum atomic E-state index is -1.07. The number of anilines is 1. The summed E-state index contributed by atoms with van der Waals surface area (Å²) < 4.78 is 10.3. The molecule has 0 radical (unpaired) electrons. The minimum absolute atomic E-state index is 0.0872. The van der Waals surface area contributed by atoms with Crippen molar-refractivity contribution in [3.63, 3.8) is 0 Å². The first-order valence-corrected chi connectivity index (χ1v) is 10.6. The molecule has 0 saturated heterocycles. The zero-order valence-electron chi connectivity index (χ0n) is 18.4. The average Bonchev–Trinajstić information content (AvgIpc) is 2.82. The number of carbonyl (C=O) groups is 2. The van der Waals surface area contributed by atoms with Gasteiger partial charge in [0.15, 0.2) is 0 Å². The number of rotatable bonds is 5. The number of nitriles is 1. The molecule has 0 amide bonds. The van der Waals surface area contributed by atoms with Gasteiger partial charge in [-0.2, -0.15) is 5.26 Å². The van der Waals surface area contributed by atoms with E-state index in [1.165, 1.54) is 6.07 Å². The molecule has 34 heavy (non-hydrogen) atoms. The van der Waals surface area contributed by atoms with Crippen LogP contribution >= 0.6 is 15.9 Å². The SMILES string of the molecule is COC(=O)C1=C(C(=O)OC)N(c2c(C)cc(Br)cc2[N+](=O)[O-])C(N)=C(C#N)C1c1ccccc1. The number of ether oxygens (including phenoxy) is 2. The van der Waals surface area contributed by atoms with E-state index in [2.05, 4.69) is 15.9 Å². The van der Waals surface area contributed by atoms with E-state index in [0.717, 1.165) is 19.1 Å². The van der Waals surface area contributed by atoms with Crippen LogP contribution in [-0.2, 0) is 19.1 Å². The Balaban J connectivity index is 2.53. The Kier molecular flexibility index (Phi) is 7.03. The lowest BCUT2D eigenvalue weighted by Crippen LogP contribution is -2.41. The van der Waals surface area contributed by atoms with Crippen molar-refractivity contribution in [1.82, 2.24) is 0 Å². The van der Waals surface area contributed by atoms with Gasteiger partial charge in [-0.3, -0.25) is 15.0 Å². The first kappa shape index (κ1) is 24.5. The lowest BCUT2D eigenvalue weighted by atomic mass is 9.80. The Morgan fingerprint density at radius 3 is 2.32 bits per heavy atom. The van der Waals surface area contributed by atoms with Gasteiger partial charge in [0.05, 0.1) is 42.3 Å². The summed E-state index contributed by atoms with van der Waals surface area (Å²) in [6.45, 7) is 1.57. The maximum Gasteiger partial charge on any atom is 0.355 e. The van der Waals surface area contributed by atoms with E-state index in [9.17, 15) is 25.0 Å². The van der Waals surface area contributed by atoms with Gasteiger partial charge in [0, 0.05) is 10.5 Å². The number of hydrogen-bond acceptors (Lipinski definition) is 9. The summed E-state index contributed by atoms with van der Waals surface area (Å²) in [6, 6.07) is 13.3. The third-order valence-corrected chi connectivity index (χ3v) is 5.73. The van der Waals surface area contributed by atoms with E-state index in [1.54, 1.807) is 43.3 Å². The maximum absolute atomic E-state index is 13.1. The van der Waals surface area contributed by atoms with Gasteiger partial charge in [0.1, 0.15) is 17.2 Å². The van der Waals surface area contributed by atoms with Crippen molar-refractivity contribution < 1.29 is 24.0 Å². The zero-order valence-corrected chi connectivity index (χ0v) is 20.0. The monoisotopic (exact) mass is 526 g/mol. The van der Waals surface area contributed by atoms with Gasteiger partial charge in [-0.1, -0.05) is 46.3 Å². The second kappa shape index (κ2) is 9.76. The van der Waals surface area contributed by atoms with Gasteiger partial charge in [0.25, 0.3) is 5.69 Å². The van der Waals surface area contributed by atoms with Crippen molar-refractivity contribution in [2.45, 2.75) is 12.8 Å². The van der Waals surface area contributed by atoms with Crippen LogP contribution < -0.4 is 10.6 Å². The van der Waals surface area contributed by atoms with Gasteiger partial charge < -0.3 is 15.2 Å². The predicted octanol–water partition coefficient (Wildman–Crippen LogP) is 3.56. The number of esters is 2. The van der Waals surface area contributed by atoms with Crippen LogP contribution in [0.15, 0.2) is 69.6 Å². The number of carbonyl (C=O) groups excluding carboxylic acids is 2. The fraction of sp³-hybridized carbons (Fsp3) is 0.174. The van der Waals surface area contributed by atoms with Crippen molar-refractivity contribution in [2.75, 3.05) is 19.1 Å². The molecule has 0 aliphatic carbocycles. The molecular formula is C23H19BrN4O6. The Labute approximate surface area is 203 Å². The molecule has 0 fully saturated rings. The second-order valence-corrected chi connectivity index (χ2v) is 8.10. The average molecular weight is 527 g/mol. The first-order chi connectivity index (χ1) is 16.2. The number of aryl methyl sites for hydroxylation is 1. The number of benzene rings is 2. The van der Waals surface area contributed by atoms with Crippen LogP contribution in [0.25, 0.3) is 0 Å². The van der Waals surface area contributed by atoms with E-state index >= 15 is 0 Å². The molecule has 174 valence electrons. The Morgan fingerprint density at radius 1 is 1.18 bits per heavy atom. The Bertz CT molecular complexity index is 1300. The number of nitro benzene ring substituents is 1. The van der Waals surface area contributed by atoms with E-state index in [1.807, 2.05) is 6.07 Å². The molecule has 2 aromatic carbocycles. The number of halogens is 1.